The number of nitrogens with zero attached hydrogens (tertiary/aromatic N) is 2. The maximum Gasteiger partial charge on any atom is 0.230 e. The SMILES string of the molecule is CC1=N[C@@]2(CCc3ccc(N)cc32)CC(=O)N1C. The Morgan fingerprint density at radius 2 is 2.22 bits per heavy atom. The zero-order valence-electron chi connectivity index (χ0n) is 10.7. The maximum absolute atomic E-state index is 12.1. The van der Waals surface area contributed by atoms with Crippen molar-refractivity contribution < 1.29 is 4.79 Å². The van der Waals surface area contributed by atoms with E-state index in [0.717, 1.165) is 29.9 Å². The van der Waals surface area contributed by atoms with E-state index >= 15 is 0 Å². The van der Waals surface area contributed by atoms with Crippen molar-refractivity contribution in [3.8, 4) is 0 Å². The van der Waals surface area contributed by atoms with Crippen LogP contribution in [0.15, 0.2) is 23.2 Å². The second kappa shape index (κ2) is 3.57. The highest BCUT2D eigenvalue weighted by molar-refractivity contribution is 5.99. The summed E-state index contributed by atoms with van der Waals surface area (Å²) in [5.41, 5.74) is 8.67. The number of carbonyl (C=O) groups excluding carboxylic acids is 1. The van der Waals surface area contributed by atoms with Crippen LogP contribution in [0.3, 0.4) is 0 Å². The number of anilines is 1. The summed E-state index contributed by atoms with van der Waals surface area (Å²) in [6.45, 7) is 1.89. The monoisotopic (exact) mass is 243 g/mol. The first-order valence-electron chi connectivity index (χ1n) is 6.24. The molecule has 0 fully saturated rings. The van der Waals surface area contributed by atoms with Gasteiger partial charge >= 0.3 is 0 Å². The van der Waals surface area contributed by atoms with Crippen molar-refractivity contribution in [3.05, 3.63) is 29.3 Å². The van der Waals surface area contributed by atoms with Gasteiger partial charge in [0.2, 0.25) is 5.91 Å². The van der Waals surface area contributed by atoms with Crippen LogP contribution < -0.4 is 5.73 Å². The fourth-order valence-corrected chi connectivity index (χ4v) is 2.99. The Balaban J connectivity index is 2.15. The molecule has 1 amide bonds. The van der Waals surface area contributed by atoms with Crippen molar-refractivity contribution in [1.29, 1.82) is 0 Å². The molecule has 1 aliphatic heterocycles. The molecule has 0 aromatic heterocycles. The van der Waals surface area contributed by atoms with Gasteiger partial charge < -0.3 is 10.6 Å². The van der Waals surface area contributed by atoms with Gasteiger partial charge in [-0.1, -0.05) is 6.07 Å². The number of aryl methyl sites for hydroxylation is 1. The Morgan fingerprint density at radius 1 is 1.44 bits per heavy atom. The summed E-state index contributed by atoms with van der Waals surface area (Å²) in [5.74, 6) is 0.930. The molecule has 3 rings (SSSR count). The van der Waals surface area contributed by atoms with E-state index in [1.807, 2.05) is 19.1 Å². The average Bonchev–Trinajstić information content (AvgIpc) is 2.65. The Hall–Kier alpha value is -1.84. The van der Waals surface area contributed by atoms with Gasteiger partial charge in [-0.05, 0) is 43.0 Å². The van der Waals surface area contributed by atoms with Crippen LogP contribution in [0.4, 0.5) is 5.69 Å². The second-order valence-electron chi connectivity index (χ2n) is 5.24. The first-order chi connectivity index (χ1) is 8.52. The number of benzene rings is 1. The minimum absolute atomic E-state index is 0.137. The van der Waals surface area contributed by atoms with Crippen LogP contribution >= 0.6 is 0 Å². The van der Waals surface area contributed by atoms with E-state index in [-0.39, 0.29) is 11.4 Å². The van der Waals surface area contributed by atoms with Crippen molar-refractivity contribution >= 4 is 17.4 Å². The predicted molar refractivity (Wildman–Crippen MR) is 71.3 cm³/mol. The quantitative estimate of drug-likeness (QED) is 0.705. The van der Waals surface area contributed by atoms with Crippen LogP contribution in [-0.2, 0) is 16.8 Å². The minimum Gasteiger partial charge on any atom is -0.399 e. The summed E-state index contributed by atoms with van der Waals surface area (Å²) < 4.78 is 0. The molecule has 0 bridgehead atoms. The number of nitrogen functional groups attached to an aromatic ring is 1. The van der Waals surface area contributed by atoms with Crippen LogP contribution in [-0.4, -0.2) is 23.7 Å². The number of aliphatic imine (C=N–C) groups is 1. The Morgan fingerprint density at radius 3 is 2.94 bits per heavy atom. The average molecular weight is 243 g/mol. The van der Waals surface area contributed by atoms with Crippen molar-refractivity contribution in [2.45, 2.75) is 31.7 Å². The lowest BCUT2D eigenvalue weighted by Gasteiger charge is -2.34. The molecule has 0 saturated heterocycles. The van der Waals surface area contributed by atoms with Gasteiger partial charge in [0.1, 0.15) is 5.84 Å². The van der Waals surface area contributed by atoms with E-state index < -0.39 is 0 Å². The van der Waals surface area contributed by atoms with Crippen LogP contribution in [0, 0.1) is 0 Å². The zero-order valence-corrected chi connectivity index (χ0v) is 10.7. The zero-order chi connectivity index (χ0) is 12.9. The van der Waals surface area contributed by atoms with Crippen molar-refractivity contribution in [1.82, 2.24) is 4.90 Å². The largest absolute Gasteiger partial charge is 0.399 e. The Bertz CT molecular complexity index is 564. The maximum atomic E-state index is 12.1. The molecule has 1 aromatic rings. The van der Waals surface area contributed by atoms with E-state index in [1.165, 1.54) is 5.56 Å². The Kier molecular flexibility index (Phi) is 2.24. The van der Waals surface area contributed by atoms with E-state index in [0.29, 0.717) is 6.42 Å². The molecule has 2 aliphatic rings. The fourth-order valence-electron chi connectivity index (χ4n) is 2.99. The Labute approximate surface area is 106 Å². The molecule has 4 nitrogen and oxygen atoms in total. The van der Waals surface area contributed by atoms with Crippen LogP contribution in [0.2, 0.25) is 0 Å². The third-order valence-corrected chi connectivity index (χ3v) is 4.12. The highest BCUT2D eigenvalue weighted by Crippen LogP contribution is 2.45. The lowest BCUT2D eigenvalue weighted by molar-refractivity contribution is -0.128. The molecule has 1 atom stereocenters. The number of hydrogen-bond donors (Lipinski definition) is 1. The predicted octanol–water partition coefficient (Wildman–Crippen LogP) is 1.69. The molecule has 1 heterocycles. The lowest BCUT2D eigenvalue weighted by Crippen LogP contribution is -2.43. The van der Waals surface area contributed by atoms with Crippen LogP contribution in [0.25, 0.3) is 0 Å². The normalized spacial score (nSPS) is 26.4. The number of carbonyl (C=O) groups is 1. The van der Waals surface area contributed by atoms with E-state index in [4.69, 9.17) is 10.7 Å². The fraction of sp³-hybridized carbons (Fsp3) is 0.429. The van der Waals surface area contributed by atoms with Gasteiger partial charge in [-0.15, -0.1) is 0 Å². The molecule has 0 unspecified atom stereocenters. The molecule has 1 aromatic carbocycles. The molecular weight excluding hydrogens is 226 g/mol. The summed E-state index contributed by atoms with van der Waals surface area (Å²) in [4.78, 5) is 18.5. The molecule has 18 heavy (non-hydrogen) atoms. The molecule has 1 spiro atoms. The smallest absolute Gasteiger partial charge is 0.230 e. The van der Waals surface area contributed by atoms with E-state index in [9.17, 15) is 4.79 Å². The topological polar surface area (TPSA) is 58.7 Å². The van der Waals surface area contributed by atoms with Gasteiger partial charge in [-0.3, -0.25) is 9.79 Å². The molecule has 1 aliphatic carbocycles. The van der Waals surface area contributed by atoms with E-state index in [2.05, 4.69) is 6.07 Å². The van der Waals surface area contributed by atoms with Gasteiger partial charge in [0.05, 0.1) is 12.0 Å². The first-order valence-corrected chi connectivity index (χ1v) is 6.24. The number of rotatable bonds is 0. The van der Waals surface area contributed by atoms with Gasteiger partial charge in [0, 0.05) is 12.7 Å². The van der Waals surface area contributed by atoms with Crippen LogP contribution in [0.1, 0.15) is 30.9 Å². The van der Waals surface area contributed by atoms with Gasteiger partial charge in [0.15, 0.2) is 0 Å². The first kappa shape index (κ1) is 11.3. The van der Waals surface area contributed by atoms with Crippen molar-refractivity contribution in [2.75, 3.05) is 12.8 Å². The molecule has 0 saturated carbocycles. The highest BCUT2D eigenvalue weighted by atomic mass is 16.2. The molecule has 2 N–H and O–H groups in total. The molecule has 94 valence electrons. The van der Waals surface area contributed by atoms with E-state index in [1.54, 1.807) is 11.9 Å². The highest BCUT2D eigenvalue weighted by Gasteiger charge is 2.44. The summed E-state index contributed by atoms with van der Waals surface area (Å²) in [6, 6.07) is 5.97. The van der Waals surface area contributed by atoms with Crippen molar-refractivity contribution in [2.24, 2.45) is 4.99 Å². The third-order valence-electron chi connectivity index (χ3n) is 4.12. The standard InChI is InChI=1S/C14H17N3O/c1-9-16-14(8-13(18)17(9)2)6-5-10-3-4-11(15)7-12(10)14/h3-4,7H,5-6,8,15H2,1-2H3/t14-/m0/s1. The summed E-state index contributed by atoms with van der Waals surface area (Å²) >= 11 is 0. The molecular formula is C14H17N3O. The van der Waals surface area contributed by atoms with Gasteiger partial charge in [-0.2, -0.15) is 0 Å². The van der Waals surface area contributed by atoms with Gasteiger partial charge in [-0.25, -0.2) is 0 Å². The van der Waals surface area contributed by atoms with Gasteiger partial charge in [0.25, 0.3) is 0 Å². The number of nitrogens with two attached hydrogens (primary N) is 1. The number of amides is 1. The number of hydrogen-bond acceptors (Lipinski definition) is 3. The summed E-state index contributed by atoms with van der Waals surface area (Å²) in [6.07, 6.45) is 2.34. The number of amidine groups is 1. The number of fused-ring (bicyclic) bond motifs is 2. The minimum atomic E-state index is -0.363. The van der Waals surface area contributed by atoms with Crippen molar-refractivity contribution in [3.63, 3.8) is 0 Å². The molecule has 0 radical (unpaired) electrons. The third kappa shape index (κ3) is 1.45. The summed E-state index contributed by atoms with van der Waals surface area (Å²) in [5, 5.41) is 0. The lowest BCUT2D eigenvalue weighted by atomic mass is 9.87. The second-order valence-corrected chi connectivity index (χ2v) is 5.24. The summed E-state index contributed by atoms with van der Waals surface area (Å²) in [7, 11) is 1.78. The molecule has 4 heteroatoms. The van der Waals surface area contributed by atoms with Crippen LogP contribution in [0.5, 0.6) is 0 Å².